The van der Waals surface area contributed by atoms with Gasteiger partial charge in [0.2, 0.25) is 0 Å². The Kier molecular flexibility index (Phi) is 4.14. The van der Waals surface area contributed by atoms with Crippen molar-refractivity contribution in [2.45, 2.75) is 13.8 Å². The average Bonchev–Trinajstić information content (AvgIpc) is 2.45. The lowest BCUT2D eigenvalue weighted by Crippen LogP contribution is -2.21. The van der Waals surface area contributed by atoms with Crippen LogP contribution in [0.1, 0.15) is 16.8 Å². The molecule has 1 aromatic heterocycles. The molecule has 0 aliphatic rings. The zero-order valence-electron chi connectivity index (χ0n) is 12.4. The molecule has 0 fully saturated rings. The summed E-state index contributed by atoms with van der Waals surface area (Å²) in [6.45, 7) is 11.2. The van der Waals surface area contributed by atoms with E-state index in [4.69, 9.17) is 11.6 Å². The Labute approximate surface area is 129 Å². The van der Waals surface area contributed by atoms with Crippen molar-refractivity contribution in [3.05, 3.63) is 57.0 Å². The third-order valence-electron chi connectivity index (χ3n) is 3.69. The van der Waals surface area contributed by atoms with Crippen molar-refractivity contribution >= 4 is 30.1 Å². The van der Waals surface area contributed by atoms with Gasteiger partial charge >= 0.3 is 0 Å². The molecule has 0 bridgehead atoms. The van der Waals surface area contributed by atoms with Crippen LogP contribution in [0.4, 0.5) is 5.69 Å². The molecule has 0 radical (unpaired) electrons. The molecule has 2 aromatic rings. The van der Waals surface area contributed by atoms with E-state index in [0.717, 1.165) is 16.8 Å². The van der Waals surface area contributed by atoms with Gasteiger partial charge in [-0.1, -0.05) is 36.4 Å². The quantitative estimate of drug-likeness (QED) is 0.778. The van der Waals surface area contributed by atoms with Crippen LogP contribution in [-0.4, -0.2) is 11.3 Å². The Bertz CT molecular complexity index is 803. The molecule has 0 N–H and O–H groups in total. The minimum atomic E-state index is -0.149. The summed E-state index contributed by atoms with van der Waals surface area (Å²) >= 11 is 6.30. The molecule has 4 heteroatoms. The van der Waals surface area contributed by atoms with Gasteiger partial charge in [0.25, 0.3) is 5.56 Å². The van der Waals surface area contributed by atoms with Crippen molar-refractivity contribution in [1.82, 2.24) is 4.57 Å². The zero-order valence-corrected chi connectivity index (χ0v) is 13.2. The largest absolute Gasteiger partial charge is 0.315 e. The summed E-state index contributed by atoms with van der Waals surface area (Å²) < 4.78 is 1.57. The maximum Gasteiger partial charge on any atom is 0.259 e. The van der Waals surface area contributed by atoms with Gasteiger partial charge in [0.1, 0.15) is 0 Å². The number of halogens is 1. The highest BCUT2D eigenvalue weighted by Gasteiger charge is 2.17. The van der Waals surface area contributed by atoms with Crippen LogP contribution in [0.5, 0.6) is 0 Å². The first-order valence-electron chi connectivity index (χ1n) is 6.51. The molecule has 0 aliphatic heterocycles. The Morgan fingerprint density at radius 2 is 2.00 bits per heavy atom. The molecule has 1 heterocycles. The highest BCUT2D eigenvalue weighted by atomic mass is 35.5. The van der Waals surface area contributed by atoms with Crippen molar-refractivity contribution in [2.75, 3.05) is 0 Å². The minimum absolute atomic E-state index is 0.149. The molecule has 2 rings (SSSR count). The molecule has 108 valence electrons. The molecule has 0 aliphatic carbocycles. The summed E-state index contributed by atoms with van der Waals surface area (Å²) in [5, 5.41) is 0.416. The summed E-state index contributed by atoms with van der Waals surface area (Å²) in [6.07, 6.45) is 1.72. The highest BCUT2D eigenvalue weighted by Crippen LogP contribution is 2.37. The molecular weight excluding hydrogens is 284 g/mol. The molecule has 0 spiro atoms. The lowest BCUT2D eigenvalue weighted by molar-refractivity contribution is 0.821. The smallest absolute Gasteiger partial charge is 0.259 e. The van der Waals surface area contributed by atoms with E-state index in [2.05, 4.69) is 18.3 Å². The zero-order chi connectivity index (χ0) is 15.7. The fourth-order valence-corrected chi connectivity index (χ4v) is 2.71. The number of aromatic nitrogens is 1. The number of hydrogen-bond acceptors (Lipinski definition) is 2. The summed E-state index contributed by atoms with van der Waals surface area (Å²) in [4.78, 5) is 16.6. The van der Waals surface area contributed by atoms with E-state index in [9.17, 15) is 4.79 Å². The Hall–Kier alpha value is -2.13. The molecule has 0 amide bonds. The third kappa shape index (κ3) is 2.45. The van der Waals surface area contributed by atoms with Crippen LogP contribution in [0.25, 0.3) is 17.2 Å². The van der Waals surface area contributed by atoms with Crippen LogP contribution in [0.3, 0.4) is 0 Å². The first-order valence-corrected chi connectivity index (χ1v) is 6.89. The second-order valence-electron chi connectivity index (χ2n) is 4.93. The molecule has 21 heavy (non-hydrogen) atoms. The van der Waals surface area contributed by atoms with Gasteiger partial charge < -0.3 is 4.57 Å². The third-order valence-corrected chi connectivity index (χ3v) is 3.99. The predicted molar refractivity (Wildman–Crippen MR) is 90.9 cm³/mol. The van der Waals surface area contributed by atoms with E-state index in [0.29, 0.717) is 21.8 Å². The van der Waals surface area contributed by atoms with Gasteiger partial charge in [0.15, 0.2) is 0 Å². The fraction of sp³-hybridized carbons (Fsp3) is 0.176. The second-order valence-corrected chi connectivity index (χ2v) is 5.33. The highest BCUT2D eigenvalue weighted by molar-refractivity contribution is 6.33. The molecule has 0 atom stereocenters. The standard InChI is InChI=1S/C17H17ClN2O/c1-6-12-10(2)7-8-13(16(12)19-4)15-14(18)9-11(3)20(5)17(15)21/h6-9H,1,4H2,2-3,5H3. The van der Waals surface area contributed by atoms with Crippen LogP contribution >= 0.6 is 11.6 Å². The molecule has 3 nitrogen and oxygen atoms in total. The molecule has 1 aromatic carbocycles. The number of nitrogens with zero attached hydrogens (tertiary/aromatic N) is 2. The number of hydrogen-bond donors (Lipinski definition) is 0. The van der Waals surface area contributed by atoms with Gasteiger partial charge in [0.05, 0.1) is 16.3 Å². The van der Waals surface area contributed by atoms with Crippen molar-refractivity contribution in [2.24, 2.45) is 12.0 Å². The number of benzene rings is 1. The summed E-state index contributed by atoms with van der Waals surface area (Å²) in [6, 6.07) is 5.56. The summed E-state index contributed by atoms with van der Waals surface area (Å²) in [5.41, 5.74) is 4.29. The van der Waals surface area contributed by atoms with E-state index in [-0.39, 0.29) is 5.56 Å². The van der Waals surface area contributed by atoms with Gasteiger partial charge in [-0.15, -0.1) is 0 Å². The van der Waals surface area contributed by atoms with Crippen molar-refractivity contribution in [3.63, 3.8) is 0 Å². The van der Waals surface area contributed by atoms with Gasteiger partial charge in [0, 0.05) is 23.9 Å². The number of aliphatic imine (C=N–C) groups is 1. The van der Waals surface area contributed by atoms with Crippen LogP contribution in [-0.2, 0) is 7.05 Å². The Morgan fingerprint density at radius 1 is 1.33 bits per heavy atom. The van der Waals surface area contributed by atoms with E-state index in [1.54, 1.807) is 23.8 Å². The number of pyridine rings is 1. The maximum atomic E-state index is 12.6. The van der Waals surface area contributed by atoms with Gasteiger partial charge in [-0.2, -0.15) is 0 Å². The lowest BCUT2D eigenvalue weighted by Gasteiger charge is -2.14. The molecule has 0 saturated heterocycles. The van der Waals surface area contributed by atoms with Crippen LogP contribution in [0.2, 0.25) is 5.02 Å². The van der Waals surface area contributed by atoms with Crippen molar-refractivity contribution < 1.29 is 0 Å². The van der Waals surface area contributed by atoms with E-state index in [1.165, 1.54) is 0 Å². The Morgan fingerprint density at radius 3 is 2.57 bits per heavy atom. The van der Waals surface area contributed by atoms with Gasteiger partial charge in [-0.05, 0) is 32.2 Å². The second kappa shape index (κ2) is 5.70. The summed E-state index contributed by atoms with van der Waals surface area (Å²) in [5.74, 6) is 0. The lowest BCUT2D eigenvalue weighted by atomic mass is 9.97. The number of aryl methyl sites for hydroxylation is 2. The number of rotatable bonds is 3. The van der Waals surface area contributed by atoms with E-state index in [1.807, 2.05) is 26.0 Å². The predicted octanol–water partition coefficient (Wildman–Crippen LogP) is 4.30. The van der Waals surface area contributed by atoms with Crippen LogP contribution < -0.4 is 5.56 Å². The maximum absolute atomic E-state index is 12.6. The topological polar surface area (TPSA) is 34.4 Å². The normalized spacial score (nSPS) is 10.5. The van der Waals surface area contributed by atoms with Crippen molar-refractivity contribution in [3.8, 4) is 11.1 Å². The monoisotopic (exact) mass is 300 g/mol. The van der Waals surface area contributed by atoms with Gasteiger partial charge in [-0.25, -0.2) is 0 Å². The first kappa shape index (κ1) is 15.3. The van der Waals surface area contributed by atoms with Crippen molar-refractivity contribution in [1.29, 1.82) is 0 Å². The van der Waals surface area contributed by atoms with Crippen LogP contribution in [0.15, 0.2) is 34.6 Å². The first-order chi connectivity index (χ1) is 9.92. The average molecular weight is 301 g/mol. The van der Waals surface area contributed by atoms with E-state index >= 15 is 0 Å². The molecular formula is C17H17ClN2O. The molecule has 0 unspecified atom stereocenters. The Balaban J connectivity index is 2.93. The van der Waals surface area contributed by atoms with Crippen LogP contribution in [0, 0.1) is 13.8 Å². The fourth-order valence-electron chi connectivity index (χ4n) is 2.36. The minimum Gasteiger partial charge on any atom is -0.315 e. The molecule has 0 saturated carbocycles. The SMILES string of the molecule is C=Cc1c(C)ccc(-c2c(Cl)cc(C)n(C)c2=O)c1N=C. The summed E-state index contributed by atoms with van der Waals surface area (Å²) in [7, 11) is 1.72. The van der Waals surface area contributed by atoms with Gasteiger partial charge in [-0.3, -0.25) is 9.79 Å². The van der Waals surface area contributed by atoms with E-state index < -0.39 is 0 Å².